The van der Waals surface area contributed by atoms with E-state index in [0.29, 0.717) is 27.9 Å². The van der Waals surface area contributed by atoms with Gasteiger partial charge in [-0.15, -0.1) is 0 Å². The first-order valence-corrected chi connectivity index (χ1v) is 13.0. The van der Waals surface area contributed by atoms with Crippen LogP contribution in [-0.4, -0.2) is 20.4 Å². The summed E-state index contributed by atoms with van der Waals surface area (Å²) in [5.74, 6) is 0.293. The van der Waals surface area contributed by atoms with E-state index in [-0.39, 0.29) is 16.5 Å². The summed E-state index contributed by atoms with van der Waals surface area (Å²) in [6.45, 7) is 1.86. The van der Waals surface area contributed by atoms with Gasteiger partial charge in [0.15, 0.2) is 6.10 Å². The Labute approximate surface area is 213 Å². The van der Waals surface area contributed by atoms with E-state index in [9.17, 15) is 13.2 Å². The standard InChI is InChI=1S/C26H22Cl2N2O4S/c1-2-24(34-25-9-5-7-17-6-3-4-8-23(17)25)26(31)29-20-10-12-22(13-11-20)35(32,33)30-21-15-18(27)14-19(28)16-21/h3-16,24,30H,2H2,1H3,(H,29,31). The molecule has 0 saturated carbocycles. The van der Waals surface area contributed by atoms with Gasteiger partial charge in [-0.1, -0.05) is 66.5 Å². The molecule has 0 aliphatic rings. The molecule has 0 fully saturated rings. The van der Waals surface area contributed by atoms with Gasteiger partial charge >= 0.3 is 0 Å². The first-order chi connectivity index (χ1) is 16.7. The Kier molecular flexibility index (Phi) is 7.50. The second-order valence-electron chi connectivity index (χ2n) is 7.77. The summed E-state index contributed by atoms with van der Waals surface area (Å²) in [6, 6.07) is 23.7. The first kappa shape index (κ1) is 24.9. The number of benzene rings is 4. The van der Waals surface area contributed by atoms with Gasteiger partial charge in [-0.05, 0) is 60.3 Å². The van der Waals surface area contributed by atoms with E-state index >= 15 is 0 Å². The molecule has 0 bridgehead atoms. The average Bonchev–Trinajstić information content (AvgIpc) is 2.82. The number of anilines is 2. The van der Waals surface area contributed by atoms with Crippen molar-refractivity contribution in [3.05, 3.63) is 95.0 Å². The normalized spacial score (nSPS) is 12.2. The molecule has 4 rings (SSSR count). The number of nitrogens with one attached hydrogen (secondary N) is 2. The second kappa shape index (κ2) is 10.6. The van der Waals surface area contributed by atoms with Crippen LogP contribution in [0.3, 0.4) is 0 Å². The van der Waals surface area contributed by atoms with Crippen LogP contribution in [0, 0.1) is 0 Å². The van der Waals surface area contributed by atoms with Gasteiger partial charge in [-0.2, -0.15) is 0 Å². The molecule has 1 atom stereocenters. The molecule has 1 unspecified atom stereocenters. The van der Waals surface area contributed by atoms with Crippen LogP contribution < -0.4 is 14.8 Å². The lowest BCUT2D eigenvalue weighted by molar-refractivity contribution is -0.122. The van der Waals surface area contributed by atoms with Crippen molar-refractivity contribution >= 4 is 61.3 Å². The Balaban J connectivity index is 1.45. The van der Waals surface area contributed by atoms with Gasteiger partial charge in [0.2, 0.25) is 0 Å². The molecule has 0 saturated heterocycles. The van der Waals surface area contributed by atoms with Crippen LogP contribution >= 0.6 is 23.2 Å². The fraction of sp³-hybridized carbons (Fsp3) is 0.115. The zero-order valence-electron chi connectivity index (χ0n) is 18.7. The maximum absolute atomic E-state index is 12.9. The van der Waals surface area contributed by atoms with Gasteiger partial charge in [0.1, 0.15) is 5.75 Å². The highest BCUT2D eigenvalue weighted by molar-refractivity contribution is 7.92. The van der Waals surface area contributed by atoms with E-state index in [2.05, 4.69) is 10.0 Å². The van der Waals surface area contributed by atoms with Crippen LogP contribution in [0.25, 0.3) is 10.8 Å². The second-order valence-corrected chi connectivity index (χ2v) is 10.3. The summed E-state index contributed by atoms with van der Waals surface area (Å²) in [4.78, 5) is 12.9. The van der Waals surface area contributed by atoms with Gasteiger partial charge in [0.25, 0.3) is 15.9 Å². The van der Waals surface area contributed by atoms with Gasteiger partial charge in [0.05, 0.1) is 10.6 Å². The molecule has 0 aromatic heterocycles. The van der Waals surface area contributed by atoms with Crippen molar-refractivity contribution in [3.63, 3.8) is 0 Å². The van der Waals surface area contributed by atoms with Crippen LogP contribution in [0.4, 0.5) is 11.4 Å². The highest BCUT2D eigenvalue weighted by atomic mass is 35.5. The fourth-order valence-corrected chi connectivity index (χ4v) is 5.11. The van der Waals surface area contributed by atoms with Crippen LogP contribution in [0.2, 0.25) is 10.0 Å². The number of hydrogen-bond donors (Lipinski definition) is 2. The Bertz CT molecular complexity index is 1450. The summed E-state index contributed by atoms with van der Waals surface area (Å²) in [6.07, 6.45) is -0.272. The van der Waals surface area contributed by atoms with Gasteiger partial charge < -0.3 is 10.1 Å². The van der Waals surface area contributed by atoms with Crippen molar-refractivity contribution in [1.29, 1.82) is 0 Å². The number of carbonyl (C=O) groups is 1. The molecule has 1 amide bonds. The van der Waals surface area contributed by atoms with Gasteiger partial charge in [0, 0.05) is 21.1 Å². The summed E-state index contributed by atoms with van der Waals surface area (Å²) >= 11 is 11.9. The van der Waals surface area contributed by atoms with E-state index < -0.39 is 16.1 Å². The monoisotopic (exact) mass is 528 g/mol. The minimum atomic E-state index is -3.88. The SMILES string of the molecule is CCC(Oc1cccc2ccccc12)C(=O)Nc1ccc(S(=O)(=O)Nc2cc(Cl)cc(Cl)c2)cc1. The fourth-order valence-electron chi connectivity index (χ4n) is 3.54. The van der Waals surface area contributed by atoms with Crippen molar-refractivity contribution in [2.45, 2.75) is 24.3 Å². The van der Waals surface area contributed by atoms with Crippen LogP contribution in [-0.2, 0) is 14.8 Å². The molecule has 0 spiro atoms. The zero-order chi connectivity index (χ0) is 25.0. The molecule has 2 N–H and O–H groups in total. The molecule has 180 valence electrons. The molecule has 4 aromatic carbocycles. The predicted molar refractivity (Wildman–Crippen MR) is 141 cm³/mol. The van der Waals surface area contributed by atoms with Crippen molar-refractivity contribution in [1.82, 2.24) is 0 Å². The molecule has 0 aliphatic heterocycles. The number of fused-ring (bicyclic) bond motifs is 1. The Hall–Kier alpha value is -3.26. The highest BCUT2D eigenvalue weighted by Gasteiger charge is 2.20. The molecular formula is C26H22Cl2N2O4S. The number of hydrogen-bond acceptors (Lipinski definition) is 4. The topological polar surface area (TPSA) is 84.5 Å². The maximum atomic E-state index is 12.9. The van der Waals surface area contributed by atoms with Crippen LogP contribution in [0.1, 0.15) is 13.3 Å². The van der Waals surface area contributed by atoms with Crippen molar-refractivity contribution in [2.24, 2.45) is 0 Å². The lowest BCUT2D eigenvalue weighted by atomic mass is 10.1. The van der Waals surface area contributed by atoms with Gasteiger partial charge in [-0.3, -0.25) is 9.52 Å². The maximum Gasteiger partial charge on any atom is 0.265 e. The van der Waals surface area contributed by atoms with Crippen LogP contribution in [0.15, 0.2) is 89.8 Å². The lowest BCUT2D eigenvalue weighted by Gasteiger charge is -2.18. The molecule has 0 heterocycles. The number of carbonyl (C=O) groups excluding carboxylic acids is 1. The Morgan fingerprint density at radius 2 is 1.54 bits per heavy atom. The number of amides is 1. The highest BCUT2D eigenvalue weighted by Crippen LogP contribution is 2.27. The molecule has 4 aromatic rings. The smallest absolute Gasteiger partial charge is 0.265 e. The van der Waals surface area contributed by atoms with Crippen LogP contribution in [0.5, 0.6) is 5.75 Å². The molecule has 9 heteroatoms. The third kappa shape index (κ3) is 6.06. The summed E-state index contributed by atoms with van der Waals surface area (Å²) < 4.78 is 33.9. The first-order valence-electron chi connectivity index (χ1n) is 10.8. The Morgan fingerprint density at radius 3 is 2.23 bits per heavy atom. The number of ether oxygens (including phenoxy) is 1. The lowest BCUT2D eigenvalue weighted by Crippen LogP contribution is -2.32. The van der Waals surface area contributed by atoms with Gasteiger partial charge in [-0.25, -0.2) is 8.42 Å². The van der Waals surface area contributed by atoms with E-state index in [1.165, 1.54) is 42.5 Å². The van der Waals surface area contributed by atoms with E-state index in [1.807, 2.05) is 49.4 Å². The molecule has 35 heavy (non-hydrogen) atoms. The third-order valence-corrected chi connectivity index (χ3v) is 7.06. The molecule has 0 aliphatic carbocycles. The molecule has 6 nitrogen and oxygen atoms in total. The minimum absolute atomic E-state index is 0.0191. The summed E-state index contributed by atoms with van der Waals surface area (Å²) in [5.41, 5.74) is 0.691. The quantitative estimate of drug-likeness (QED) is 0.265. The molecule has 0 radical (unpaired) electrons. The van der Waals surface area contributed by atoms with Crippen molar-refractivity contribution < 1.29 is 17.9 Å². The van der Waals surface area contributed by atoms with E-state index in [0.717, 1.165) is 10.8 Å². The van der Waals surface area contributed by atoms with E-state index in [4.69, 9.17) is 27.9 Å². The number of rotatable bonds is 8. The number of halogens is 2. The van der Waals surface area contributed by atoms with Crippen molar-refractivity contribution in [3.8, 4) is 5.75 Å². The summed E-state index contributed by atoms with van der Waals surface area (Å²) in [7, 11) is -3.88. The zero-order valence-corrected chi connectivity index (χ0v) is 21.0. The molecular weight excluding hydrogens is 507 g/mol. The average molecular weight is 529 g/mol. The Morgan fingerprint density at radius 1 is 0.886 bits per heavy atom. The predicted octanol–water partition coefficient (Wildman–Crippen LogP) is 6.74. The minimum Gasteiger partial charge on any atom is -0.480 e. The van der Waals surface area contributed by atoms with Crippen molar-refractivity contribution in [2.75, 3.05) is 10.0 Å². The summed E-state index contributed by atoms with van der Waals surface area (Å²) in [5, 5.41) is 5.35. The van der Waals surface area contributed by atoms with E-state index in [1.54, 1.807) is 0 Å². The largest absolute Gasteiger partial charge is 0.480 e. The third-order valence-electron chi connectivity index (χ3n) is 5.23. The number of sulfonamides is 1.